The van der Waals surface area contributed by atoms with Crippen LogP contribution in [0.1, 0.15) is 25.7 Å². The number of hydrogen-bond acceptors (Lipinski definition) is 6. The Kier molecular flexibility index (Phi) is 4.31. The molecule has 3 aromatic heterocycles. The van der Waals surface area contributed by atoms with Gasteiger partial charge in [0.15, 0.2) is 10.9 Å². The number of rotatable bonds is 4. The van der Waals surface area contributed by atoms with Crippen molar-refractivity contribution in [3.05, 3.63) is 42.9 Å². The van der Waals surface area contributed by atoms with Crippen molar-refractivity contribution >= 4 is 10.0 Å². The van der Waals surface area contributed by atoms with Crippen LogP contribution >= 0.6 is 0 Å². The summed E-state index contributed by atoms with van der Waals surface area (Å²) in [5.41, 5.74) is 0.807. The van der Waals surface area contributed by atoms with Crippen molar-refractivity contribution in [2.24, 2.45) is 13.0 Å². The average molecular weight is 387 g/mol. The van der Waals surface area contributed by atoms with Gasteiger partial charge in [-0.15, -0.1) is 0 Å². The van der Waals surface area contributed by atoms with Gasteiger partial charge in [-0.3, -0.25) is 4.98 Å². The second kappa shape index (κ2) is 6.54. The van der Waals surface area contributed by atoms with Crippen molar-refractivity contribution in [2.45, 2.75) is 31.5 Å². The highest BCUT2D eigenvalue weighted by Crippen LogP contribution is 2.35. The van der Waals surface area contributed by atoms with E-state index in [4.69, 9.17) is 0 Å². The molecule has 3 aromatic rings. The van der Waals surface area contributed by atoms with Crippen LogP contribution < -0.4 is 0 Å². The second-order valence-electron chi connectivity index (χ2n) is 6.94. The first-order valence-corrected chi connectivity index (χ1v) is 10.2. The third-order valence-corrected chi connectivity index (χ3v) is 6.38. The fraction of sp³-hybridized carbons (Fsp3) is 0.412. The van der Waals surface area contributed by atoms with Crippen LogP contribution in [0.25, 0.3) is 11.4 Å². The Hall–Kier alpha value is -2.59. The first-order valence-electron chi connectivity index (χ1n) is 8.73. The van der Waals surface area contributed by atoms with Crippen LogP contribution in [0.5, 0.6) is 0 Å². The topological polar surface area (TPSA) is 98.8 Å². The molecular formula is C17H21N7O2S. The van der Waals surface area contributed by atoms with Crippen molar-refractivity contribution in [3.63, 3.8) is 0 Å². The fourth-order valence-electron chi connectivity index (χ4n) is 3.36. The third kappa shape index (κ3) is 3.04. The van der Waals surface area contributed by atoms with Crippen LogP contribution in [0.15, 0.2) is 42.1 Å². The van der Waals surface area contributed by atoms with E-state index >= 15 is 0 Å². The molecule has 0 saturated heterocycles. The van der Waals surface area contributed by atoms with Gasteiger partial charge in [0, 0.05) is 37.7 Å². The highest BCUT2D eigenvalue weighted by molar-refractivity contribution is 7.89. The molecule has 0 saturated carbocycles. The summed E-state index contributed by atoms with van der Waals surface area (Å²) in [6.45, 7) is 4.74. The molecule has 27 heavy (non-hydrogen) atoms. The molecule has 0 aliphatic carbocycles. The zero-order valence-electron chi connectivity index (χ0n) is 15.4. The summed E-state index contributed by atoms with van der Waals surface area (Å²) in [5.74, 6) is 1.23. The molecule has 4 rings (SSSR count). The number of nitrogens with zero attached hydrogens (tertiary/aromatic N) is 7. The molecule has 142 valence electrons. The summed E-state index contributed by atoms with van der Waals surface area (Å²) in [4.78, 5) is 12.8. The van der Waals surface area contributed by atoms with Gasteiger partial charge in [0.1, 0.15) is 5.82 Å². The molecule has 1 aliphatic rings. The Balaban J connectivity index is 1.77. The Labute approximate surface area is 157 Å². The summed E-state index contributed by atoms with van der Waals surface area (Å²) in [6, 6.07) is 3.30. The van der Waals surface area contributed by atoms with E-state index in [0.29, 0.717) is 24.7 Å². The smallest absolute Gasteiger partial charge is 0.262 e. The standard InChI is InChI=1S/C17H21N7O2S/c1-12(2)15-17-20-16(13-5-4-6-18-9-13)21-23(17)7-8-24(15)27(25,26)14-10-22(3)11-19-14/h4-6,9-12,15H,7-8H2,1-3H3/t15-/m1/s1. The summed E-state index contributed by atoms with van der Waals surface area (Å²) >= 11 is 0. The van der Waals surface area contributed by atoms with Crippen molar-refractivity contribution in [1.29, 1.82) is 0 Å². The quantitative estimate of drug-likeness (QED) is 0.672. The summed E-state index contributed by atoms with van der Waals surface area (Å²) in [5, 5.41) is 4.62. The number of pyridine rings is 1. The molecular weight excluding hydrogens is 366 g/mol. The molecule has 9 nitrogen and oxygen atoms in total. The van der Waals surface area contributed by atoms with Crippen molar-refractivity contribution in [3.8, 4) is 11.4 Å². The highest BCUT2D eigenvalue weighted by Gasteiger charge is 2.41. The van der Waals surface area contributed by atoms with Crippen LogP contribution in [0, 0.1) is 5.92 Å². The third-order valence-electron chi connectivity index (χ3n) is 4.61. The Morgan fingerprint density at radius 1 is 1.26 bits per heavy atom. The normalized spacial score (nSPS) is 18.0. The lowest BCUT2D eigenvalue weighted by molar-refractivity contribution is 0.201. The first-order chi connectivity index (χ1) is 12.9. The maximum absolute atomic E-state index is 13.2. The van der Waals surface area contributed by atoms with Gasteiger partial charge in [-0.25, -0.2) is 23.1 Å². The Morgan fingerprint density at radius 2 is 2.07 bits per heavy atom. The molecule has 0 unspecified atom stereocenters. The van der Waals surface area contributed by atoms with Crippen molar-refractivity contribution in [1.82, 2.24) is 33.6 Å². The monoisotopic (exact) mass is 387 g/mol. The molecule has 1 aliphatic heterocycles. The average Bonchev–Trinajstić information content (AvgIpc) is 3.27. The number of aromatic nitrogens is 6. The summed E-state index contributed by atoms with van der Waals surface area (Å²) in [6.07, 6.45) is 6.41. The van der Waals surface area contributed by atoms with Crippen molar-refractivity contribution in [2.75, 3.05) is 6.54 Å². The maximum Gasteiger partial charge on any atom is 0.262 e. The van der Waals surface area contributed by atoms with E-state index in [0.717, 1.165) is 5.56 Å². The number of hydrogen-bond donors (Lipinski definition) is 0. The lowest BCUT2D eigenvalue weighted by Gasteiger charge is -2.35. The fourth-order valence-corrected chi connectivity index (χ4v) is 5.04. The van der Waals surface area contributed by atoms with E-state index in [-0.39, 0.29) is 10.9 Å². The van der Waals surface area contributed by atoms with Crippen LogP contribution in [-0.4, -0.2) is 48.6 Å². The van der Waals surface area contributed by atoms with Crippen LogP contribution in [0.2, 0.25) is 0 Å². The number of aryl methyl sites for hydroxylation is 1. The first kappa shape index (κ1) is 17.8. The number of fused-ring (bicyclic) bond motifs is 1. The highest BCUT2D eigenvalue weighted by atomic mass is 32.2. The SMILES string of the molecule is CC(C)[C@@H]1c2nc(-c3cccnc3)nn2CCN1S(=O)(=O)c1cn(C)cn1. The summed E-state index contributed by atoms with van der Waals surface area (Å²) < 4.78 is 31.3. The number of imidazole rings is 1. The lowest BCUT2D eigenvalue weighted by atomic mass is 10.0. The predicted octanol–water partition coefficient (Wildman–Crippen LogP) is 1.48. The maximum atomic E-state index is 13.2. The second-order valence-corrected chi connectivity index (χ2v) is 8.78. The zero-order valence-corrected chi connectivity index (χ0v) is 16.2. The van der Waals surface area contributed by atoms with Crippen molar-refractivity contribution < 1.29 is 8.42 Å². The van der Waals surface area contributed by atoms with E-state index in [9.17, 15) is 8.42 Å². The zero-order chi connectivity index (χ0) is 19.2. The number of sulfonamides is 1. The molecule has 0 amide bonds. The molecule has 0 fully saturated rings. The van der Waals surface area contributed by atoms with E-state index in [1.54, 1.807) is 28.7 Å². The molecule has 0 bridgehead atoms. The molecule has 0 N–H and O–H groups in total. The van der Waals surface area contributed by atoms with E-state index < -0.39 is 16.1 Å². The lowest BCUT2D eigenvalue weighted by Crippen LogP contribution is -2.44. The minimum atomic E-state index is -3.73. The predicted molar refractivity (Wildman–Crippen MR) is 97.9 cm³/mol. The van der Waals surface area contributed by atoms with Crippen LogP contribution in [-0.2, 0) is 23.6 Å². The van der Waals surface area contributed by atoms with Gasteiger partial charge in [-0.1, -0.05) is 13.8 Å². The van der Waals surface area contributed by atoms with E-state index in [1.807, 2.05) is 26.0 Å². The molecule has 0 aromatic carbocycles. The van der Waals surface area contributed by atoms with Gasteiger partial charge in [0.05, 0.1) is 18.9 Å². The van der Waals surface area contributed by atoms with Crippen LogP contribution in [0.3, 0.4) is 0 Å². The minimum absolute atomic E-state index is 0.0217. The van der Waals surface area contributed by atoms with E-state index in [2.05, 4.69) is 20.1 Å². The van der Waals surface area contributed by atoms with Gasteiger partial charge in [-0.05, 0) is 18.1 Å². The minimum Gasteiger partial charge on any atom is -0.339 e. The van der Waals surface area contributed by atoms with Crippen LogP contribution in [0.4, 0.5) is 0 Å². The molecule has 0 spiro atoms. The molecule has 0 radical (unpaired) electrons. The summed E-state index contributed by atoms with van der Waals surface area (Å²) in [7, 11) is -1.98. The van der Waals surface area contributed by atoms with Gasteiger partial charge in [-0.2, -0.15) is 9.40 Å². The van der Waals surface area contributed by atoms with E-state index in [1.165, 1.54) is 16.8 Å². The van der Waals surface area contributed by atoms with Gasteiger partial charge >= 0.3 is 0 Å². The largest absolute Gasteiger partial charge is 0.339 e. The Bertz CT molecular complexity index is 1060. The van der Waals surface area contributed by atoms with Gasteiger partial charge in [0.2, 0.25) is 0 Å². The van der Waals surface area contributed by atoms with Gasteiger partial charge in [0.25, 0.3) is 10.0 Å². The molecule has 10 heteroatoms. The van der Waals surface area contributed by atoms with Gasteiger partial charge < -0.3 is 4.57 Å². The molecule has 1 atom stereocenters. The molecule has 4 heterocycles. The Morgan fingerprint density at radius 3 is 2.70 bits per heavy atom.